The van der Waals surface area contributed by atoms with E-state index in [2.05, 4.69) is 10.0 Å². The summed E-state index contributed by atoms with van der Waals surface area (Å²) in [4.78, 5) is 10.5. The molecule has 0 saturated carbocycles. The zero-order valence-corrected chi connectivity index (χ0v) is 12.8. The molecule has 2 aromatic rings. The SMILES string of the molecule is CNc1ccc(NS(=O)(=O)c2ccc(C)cc2)cc1[N+](=O)[O-]. The largest absolute Gasteiger partial charge is 0.383 e. The Kier molecular flexibility index (Phi) is 4.32. The van der Waals surface area contributed by atoms with E-state index in [1.165, 1.54) is 30.3 Å². The van der Waals surface area contributed by atoms with Crippen molar-refractivity contribution in [1.29, 1.82) is 0 Å². The molecule has 2 N–H and O–H groups in total. The molecule has 7 nitrogen and oxygen atoms in total. The monoisotopic (exact) mass is 321 g/mol. The molecule has 0 atom stereocenters. The van der Waals surface area contributed by atoms with E-state index in [4.69, 9.17) is 0 Å². The fraction of sp³-hybridized carbons (Fsp3) is 0.143. The Balaban J connectivity index is 2.35. The summed E-state index contributed by atoms with van der Waals surface area (Å²) >= 11 is 0. The lowest BCUT2D eigenvalue weighted by Gasteiger charge is -2.09. The first-order chi connectivity index (χ1) is 10.3. The highest BCUT2D eigenvalue weighted by molar-refractivity contribution is 7.92. The van der Waals surface area contributed by atoms with Crippen LogP contribution in [0.1, 0.15) is 5.56 Å². The Morgan fingerprint density at radius 3 is 2.27 bits per heavy atom. The Morgan fingerprint density at radius 2 is 1.73 bits per heavy atom. The van der Waals surface area contributed by atoms with Crippen LogP contribution >= 0.6 is 0 Å². The van der Waals surface area contributed by atoms with Gasteiger partial charge in [-0.3, -0.25) is 14.8 Å². The summed E-state index contributed by atoms with van der Waals surface area (Å²) in [6, 6.07) is 10.4. The van der Waals surface area contributed by atoms with Crippen LogP contribution in [0.4, 0.5) is 17.1 Å². The maximum atomic E-state index is 12.3. The smallest absolute Gasteiger partial charge is 0.294 e. The van der Waals surface area contributed by atoms with Gasteiger partial charge in [0.1, 0.15) is 5.69 Å². The van der Waals surface area contributed by atoms with Crippen LogP contribution in [0.15, 0.2) is 47.4 Å². The van der Waals surface area contributed by atoms with Gasteiger partial charge in [-0.25, -0.2) is 8.42 Å². The molecule has 8 heteroatoms. The Morgan fingerprint density at radius 1 is 1.09 bits per heavy atom. The van der Waals surface area contributed by atoms with Crippen LogP contribution in [-0.2, 0) is 10.0 Å². The van der Waals surface area contributed by atoms with E-state index in [0.29, 0.717) is 5.69 Å². The summed E-state index contributed by atoms with van der Waals surface area (Å²) in [6.07, 6.45) is 0. The molecule has 0 bridgehead atoms. The lowest BCUT2D eigenvalue weighted by molar-refractivity contribution is -0.383. The first kappa shape index (κ1) is 15.8. The van der Waals surface area contributed by atoms with Crippen LogP contribution < -0.4 is 10.0 Å². The van der Waals surface area contributed by atoms with E-state index in [-0.39, 0.29) is 16.3 Å². The zero-order valence-electron chi connectivity index (χ0n) is 12.0. The van der Waals surface area contributed by atoms with Gasteiger partial charge in [-0.05, 0) is 31.2 Å². The second-order valence-electron chi connectivity index (χ2n) is 4.66. The minimum atomic E-state index is -3.79. The minimum absolute atomic E-state index is 0.0958. The Hall–Kier alpha value is -2.61. The van der Waals surface area contributed by atoms with Crippen molar-refractivity contribution in [3.8, 4) is 0 Å². The normalized spacial score (nSPS) is 11.0. The lowest BCUT2D eigenvalue weighted by Crippen LogP contribution is -2.13. The first-order valence-corrected chi connectivity index (χ1v) is 7.87. The second-order valence-corrected chi connectivity index (χ2v) is 6.34. The van der Waals surface area contributed by atoms with Crippen LogP contribution in [-0.4, -0.2) is 20.4 Å². The van der Waals surface area contributed by atoms with Gasteiger partial charge in [0.2, 0.25) is 0 Å². The minimum Gasteiger partial charge on any atom is -0.383 e. The first-order valence-electron chi connectivity index (χ1n) is 6.39. The quantitative estimate of drug-likeness (QED) is 0.651. The van der Waals surface area contributed by atoms with E-state index < -0.39 is 14.9 Å². The molecule has 0 fully saturated rings. The molecule has 0 aliphatic carbocycles. The summed E-state index contributed by atoms with van der Waals surface area (Å²) in [5, 5.41) is 13.7. The van der Waals surface area contributed by atoms with Crippen LogP contribution in [0, 0.1) is 17.0 Å². The number of sulfonamides is 1. The molecule has 2 rings (SSSR count). The number of benzene rings is 2. The molecule has 0 heterocycles. The van der Waals surface area contributed by atoms with E-state index in [1.807, 2.05) is 6.92 Å². The number of nitro benzene ring substituents is 1. The van der Waals surface area contributed by atoms with Crippen LogP contribution in [0.3, 0.4) is 0 Å². The fourth-order valence-corrected chi connectivity index (χ4v) is 2.94. The van der Waals surface area contributed by atoms with Crippen molar-refractivity contribution in [2.75, 3.05) is 17.1 Å². The van der Waals surface area contributed by atoms with Crippen molar-refractivity contribution in [2.45, 2.75) is 11.8 Å². The highest BCUT2D eigenvalue weighted by Gasteiger charge is 2.18. The van der Waals surface area contributed by atoms with Gasteiger partial charge in [0, 0.05) is 13.1 Å². The van der Waals surface area contributed by atoms with Gasteiger partial charge < -0.3 is 5.32 Å². The molecule has 0 radical (unpaired) electrons. The second kappa shape index (κ2) is 6.02. The summed E-state index contributed by atoms with van der Waals surface area (Å²) in [6.45, 7) is 1.85. The molecular weight excluding hydrogens is 306 g/mol. The van der Waals surface area contributed by atoms with Crippen molar-refractivity contribution in [1.82, 2.24) is 0 Å². The van der Waals surface area contributed by atoms with Gasteiger partial charge in [-0.2, -0.15) is 0 Å². The summed E-state index contributed by atoms with van der Waals surface area (Å²) in [5.41, 5.74) is 1.18. The van der Waals surface area contributed by atoms with Crippen molar-refractivity contribution < 1.29 is 13.3 Å². The van der Waals surface area contributed by atoms with Gasteiger partial charge in [0.25, 0.3) is 15.7 Å². The topological polar surface area (TPSA) is 101 Å². The molecular formula is C14H15N3O4S. The van der Waals surface area contributed by atoms with Crippen molar-refractivity contribution >= 4 is 27.1 Å². The van der Waals surface area contributed by atoms with Gasteiger partial charge in [0.15, 0.2) is 0 Å². The maximum Gasteiger partial charge on any atom is 0.294 e. The number of aryl methyl sites for hydroxylation is 1. The fourth-order valence-electron chi connectivity index (χ4n) is 1.89. The number of rotatable bonds is 5. The third-order valence-corrected chi connectivity index (χ3v) is 4.44. The van der Waals surface area contributed by atoms with Crippen LogP contribution in [0.5, 0.6) is 0 Å². The zero-order chi connectivity index (χ0) is 16.3. The third kappa shape index (κ3) is 3.34. The van der Waals surface area contributed by atoms with Gasteiger partial charge in [0.05, 0.1) is 15.5 Å². The maximum absolute atomic E-state index is 12.3. The summed E-state index contributed by atoms with van der Waals surface area (Å²) in [5.74, 6) is 0. The Bertz CT molecular complexity index is 801. The third-order valence-electron chi connectivity index (χ3n) is 3.05. The van der Waals surface area contributed by atoms with Gasteiger partial charge in [-0.1, -0.05) is 17.7 Å². The molecule has 2 aromatic carbocycles. The number of hydrogen-bond donors (Lipinski definition) is 2. The van der Waals surface area contributed by atoms with Crippen molar-refractivity contribution in [3.05, 3.63) is 58.1 Å². The molecule has 0 saturated heterocycles. The van der Waals surface area contributed by atoms with Crippen LogP contribution in [0.2, 0.25) is 0 Å². The van der Waals surface area contributed by atoms with E-state index in [9.17, 15) is 18.5 Å². The highest BCUT2D eigenvalue weighted by Crippen LogP contribution is 2.28. The van der Waals surface area contributed by atoms with Gasteiger partial charge in [-0.15, -0.1) is 0 Å². The molecule has 0 unspecified atom stereocenters. The lowest BCUT2D eigenvalue weighted by atomic mass is 10.2. The van der Waals surface area contributed by atoms with Gasteiger partial charge >= 0.3 is 0 Å². The number of nitro groups is 1. The predicted octanol–water partition coefficient (Wildman–Crippen LogP) is 2.75. The van der Waals surface area contributed by atoms with Crippen LogP contribution in [0.25, 0.3) is 0 Å². The van der Waals surface area contributed by atoms with Crippen molar-refractivity contribution in [2.24, 2.45) is 0 Å². The number of nitrogens with zero attached hydrogens (tertiary/aromatic N) is 1. The van der Waals surface area contributed by atoms with E-state index in [1.54, 1.807) is 19.2 Å². The summed E-state index contributed by atoms with van der Waals surface area (Å²) in [7, 11) is -2.23. The molecule has 22 heavy (non-hydrogen) atoms. The molecule has 0 aliphatic rings. The average Bonchev–Trinajstić information content (AvgIpc) is 2.47. The number of nitrogens with one attached hydrogen (secondary N) is 2. The molecule has 0 amide bonds. The predicted molar refractivity (Wildman–Crippen MR) is 84.6 cm³/mol. The highest BCUT2D eigenvalue weighted by atomic mass is 32.2. The Labute approximate surface area is 128 Å². The number of hydrogen-bond acceptors (Lipinski definition) is 5. The van der Waals surface area contributed by atoms with E-state index in [0.717, 1.165) is 5.56 Å². The molecule has 0 aliphatic heterocycles. The summed E-state index contributed by atoms with van der Waals surface area (Å²) < 4.78 is 26.8. The van der Waals surface area contributed by atoms with Crippen molar-refractivity contribution in [3.63, 3.8) is 0 Å². The molecule has 0 aromatic heterocycles. The standard InChI is InChI=1S/C14H15N3O4S/c1-10-3-6-12(7-4-10)22(20,21)16-11-5-8-13(15-2)14(9-11)17(18)19/h3-9,15-16H,1-2H3. The van der Waals surface area contributed by atoms with E-state index >= 15 is 0 Å². The average molecular weight is 321 g/mol. The molecule has 116 valence electrons. The number of anilines is 2. The molecule has 0 spiro atoms.